The number of hydrazone groups is 1. The third-order valence-corrected chi connectivity index (χ3v) is 4.01. The van der Waals surface area contributed by atoms with Crippen LogP contribution in [-0.2, 0) is 0 Å². The SMILES string of the molecule is CN1CCN(/N=C/c2cccc(Oc3ccc(Cl)cc3)c2)CC1. The van der Waals surface area contributed by atoms with E-state index >= 15 is 0 Å². The number of rotatable bonds is 4. The van der Waals surface area contributed by atoms with Crippen LogP contribution in [0.15, 0.2) is 53.6 Å². The van der Waals surface area contributed by atoms with Crippen molar-refractivity contribution in [3.8, 4) is 11.5 Å². The number of piperazine rings is 1. The number of halogens is 1. The monoisotopic (exact) mass is 329 g/mol. The van der Waals surface area contributed by atoms with E-state index in [-0.39, 0.29) is 0 Å². The normalized spacial score (nSPS) is 16.0. The number of ether oxygens (including phenoxy) is 1. The fourth-order valence-corrected chi connectivity index (χ4v) is 2.48. The zero-order valence-corrected chi connectivity index (χ0v) is 13.9. The molecule has 0 amide bonds. The summed E-state index contributed by atoms with van der Waals surface area (Å²) in [6.45, 7) is 4.04. The van der Waals surface area contributed by atoms with Crippen molar-refractivity contribution in [2.24, 2.45) is 5.10 Å². The maximum atomic E-state index is 5.88. The van der Waals surface area contributed by atoms with E-state index in [4.69, 9.17) is 16.3 Å². The minimum atomic E-state index is 0.699. The highest BCUT2D eigenvalue weighted by Crippen LogP contribution is 2.23. The molecule has 0 aromatic heterocycles. The average Bonchev–Trinajstić information content (AvgIpc) is 2.57. The molecule has 2 aromatic carbocycles. The van der Waals surface area contributed by atoms with Crippen molar-refractivity contribution < 1.29 is 4.74 Å². The van der Waals surface area contributed by atoms with Crippen LogP contribution in [0.3, 0.4) is 0 Å². The van der Waals surface area contributed by atoms with Crippen LogP contribution in [0.1, 0.15) is 5.56 Å². The smallest absolute Gasteiger partial charge is 0.128 e. The van der Waals surface area contributed by atoms with Crippen LogP contribution in [0.5, 0.6) is 11.5 Å². The molecule has 4 nitrogen and oxygen atoms in total. The number of likely N-dealkylation sites (N-methyl/N-ethyl adjacent to an activating group) is 1. The molecule has 23 heavy (non-hydrogen) atoms. The second-order valence-electron chi connectivity index (χ2n) is 5.63. The maximum Gasteiger partial charge on any atom is 0.128 e. The summed E-state index contributed by atoms with van der Waals surface area (Å²) in [5.74, 6) is 1.55. The third kappa shape index (κ3) is 4.71. The highest BCUT2D eigenvalue weighted by Gasteiger charge is 2.10. The Hall–Kier alpha value is -2.04. The van der Waals surface area contributed by atoms with Gasteiger partial charge in [-0.3, -0.25) is 5.01 Å². The molecule has 1 fully saturated rings. The molecule has 0 unspecified atom stereocenters. The summed E-state index contributed by atoms with van der Waals surface area (Å²) in [7, 11) is 2.14. The zero-order chi connectivity index (χ0) is 16.1. The van der Waals surface area contributed by atoms with Gasteiger partial charge in [-0.1, -0.05) is 23.7 Å². The van der Waals surface area contributed by atoms with Crippen LogP contribution >= 0.6 is 11.6 Å². The van der Waals surface area contributed by atoms with Gasteiger partial charge < -0.3 is 9.64 Å². The predicted molar refractivity (Wildman–Crippen MR) is 94.6 cm³/mol. The first-order valence-electron chi connectivity index (χ1n) is 7.70. The summed E-state index contributed by atoms with van der Waals surface area (Å²) in [5.41, 5.74) is 1.02. The van der Waals surface area contributed by atoms with Gasteiger partial charge in [0.2, 0.25) is 0 Å². The van der Waals surface area contributed by atoms with E-state index in [0.717, 1.165) is 43.2 Å². The lowest BCUT2D eigenvalue weighted by Crippen LogP contribution is -2.41. The van der Waals surface area contributed by atoms with Gasteiger partial charge in [-0.05, 0) is 49.0 Å². The number of benzene rings is 2. The van der Waals surface area contributed by atoms with Crippen LogP contribution in [0.2, 0.25) is 5.02 Å². The number of hydrogen-bond acceptors (Lipinski definition) is 4. The molecule has 2 aromatic rings. The molecule has 3 rings (SSSR count). The summed E-state index contributed by atoms with van der Waals surface area (Å²) in [6.07, 6.45) is 1.89. The lowest BCUT2D eigenvalue weighted by molar-refractivity contribution is 0.159. The van der Waals surface area contributed by atoms with Gasteiger partial charge in [0.15, 0.2) is 0 Å². The van der Waals surface area contributed by atoms with Crippen molar-refractivity contribution in [3.05, 3.63) is 59.1 Å². The van der Waals surface area contributed by atoms with Gasteiger partial charge in [0.1, 0.15) is 11.5 Å². The average molecular weight is 330 g/mol. The first-order valence-corrected chi connectivity index (χ1v) is 8.08. The lowest BCUT2D eigenvalue weighted by Gasteiger charge is -2.30. The van der Waals surface area contributed by atoms with E-state index in [9.17, 15) is 0 Å². The van der Waals surface area contributed by atoms with E-state index in [1.807, 2.05) is 54.7 Å². The summed E-state index contributed by atoms with van der Waals surface area (Å²) in [5, 5.41) is 7.36. The summed E-state index contributed by atoms with van der Waals surface area (Å²) in [4.78, 5) is 2.31. The Bertz CT molecular complexity index is 664. The Balaban J connectivity index is 1.64. The Kier molecular flexibility index (Phi) is 5.16. The molecular weight excluding hydrogens is 310 g/mol. The van der Waals surface area contributed by atoms with Crippen molar-refractivity contribution >= 4 is 17.8 Å². The van der Waals surface area contributed by atoms with Crippen LogP contribution < -0.4 is 4.74 Å². The number of nitrogens with zero attached hydrogens (tertiary/aromatic N) is 3. The van der Waals surface area contributed by atoms with Crippen LogP contribution in [0, 0.1) is 0 Å². The van der Waals surface area contributed by atoms with Crippen molar-refractivity contribution in [1.82, 2.24) is 9.91 Å². The van der Waals surface area contributed by atoms with Gasteiger partial charge in [0, 0.05) is 31.2 Å². The van der Waals surface area contributed by atoms with Crippen LogP contribution in [-0.4, -0.2) is 49.4 Å². The fourth-order valence-electron chi connectivity index (χ4n) is 2.36. The molecule has 1 saturated heterocycles. The molecule has 0 radical (unpaired) electrons. The fraction of sp³-hybridized carbons (Fsp3) is 0.278. The zero-order valence-electron chi connectivity index (χ0n) is 13.2. The highest BCUT2D eigenvalue weighted by molar-refractivity contribution is 6.30. The largest absolute Gasteiger partial charge is 0.457 e. The Labute approximate surface area is 141 Å². The molecule has 0 atom stereocenters. The highest BCUT2D eigenvalue weighted by atomic mass is 35.5. The molecule has 0 N–H and O–H groups in total. The van der Waals surface area contributed by atoms with Gasteiger partial charge in [0.05, 0.1) is 6.21 Å². The van der Waals surface area contributed by atoms with E-state index < -0.39 is 0 Å². The molecule has 0 spiro atoms. The lowest BCUT2D eigenvalue weighted by atomic mass is 10.2. The van der Waals surface area contributed by atoms with Crippen LogP contribution in [0.25, 0.3) is 0 Å². The van der Waals surface area contributed by atoms with E-state index in [0.29, 0.717) is 5.02 Å². The molecule has 1 heterocycles. The quantitative estimate of drug-likeness (QED) is 0.800. The molecule has 0 bridgehead atoms. The second-order valence-corrected chi connectivity index (χ2v) is 6.07. The minimum absolute atomic E-state index is 0.699. The molecule has 120 valence electrons. The molecular formula is C18H20ClN3O. The van der Waals surface area contributed by atoms with E-state index in [2.05, 4.69) is 22.1 Å². The van der Waals surface area contributed by atoms with Crippen LogP contribution in [0.4, 0.5) is 0 Å². The van der Waals surface area contributed by atoms with E-state index in [1.54, 1.807) is 0 Å². The van der Waals surface area contributed by atoms with E-state index in [1.165, 1.54) is 0 Å². The molecule has 0 saturated carbocycles. The minimum Gasteiger partial charge on any atom is -0.457 e. The Morgan fingerprint density at radius 2 is 1.74 bits per heavy atom. The first kappa shape index (κ1) is 15.8. The third-order valence-electron chi connectivity index (χ3n) is 3.76. The Morgan fingerprint density at radius 1 is 1.00 bits per heavy atom. The first-order chi connectivity index (χ1) is 11.2. The van der Waals surface area contributed by atoms with Gasteiger partial charge in [-0.2, -0.15) is 5.10 Å². The van der Waals surface area contributed by atoms with Gasteiger partial charge in [-0.25, -0.2) is 0 Å². The molecule has 0 aliphatic carbocycles. The molecule has 1 aliphatic rings. The summed E-state index contributed by atoms with van der Waals surface area (Å²) in [6, 6.07) is 15.2. The van der Waals surface area contributed by atoms with Crippen molar-refractivity contribution in [2.45, 2.75) is 0 Å². The number of hydrogen-bond donors (Lipinski definition) is 0. The summed E-state index contributed by atoms with van der Waals surface area (Å²) >= 11 is 5.88. The van der Waals surface area contributed by atoms with Gasteiger partial charge >= 0.3 is 0 Å². The molecule has 5 heteroatoms. The predicted octanol–water partition coefficient (Wildman–Crippen LogP) is 3.71. The second kappa shape index (κ2) is 7.49. The maximum absolute atomic E-state index is 5.88. The summed E-state index contributed by atoms with van der Waals surface area (Å²) < 4.78 is 5.84. The van der Waals surface area contributed by atoms with Crippen molar-refractivity contribution in [2.75, 3.05) is 33.2 Å². The molecule has 1 aliphatic heterocycles. The van der Waals surface area contributed by atoms with Gasteiger partial charge in [-0.15, -0.1) is 0 Å². The standard InChI is InChI=1S/C18H20ClN3O/c1-21-9-11-22(12-10-21)20-14-15-3-2-4-18(13-15)23-17-7-5-16(19)6-8-17/h2-8,13-14H,9-12H2,1H3/b20-14+. The van der Waals surface area contributed by atoms with Crippen molar-refractivity contribution in [3.63, 3.8) is 0 Å². The Morgan fingerprint density at radius 3 is 2.48 bits per heavy atom. The van der Waals surface area contributed by atoms with Crippen molar-refractivity contribution in [1.29, 1.82) is 0 Å². The van der Waals surface area contributed by atoms with Gasteiger partial charge in [0.25, 0.3) is 0 Å². The topological polar surface area (TPSA) is 28.1 Å².